The van der Waals surface area contributed by atoms with Crippen molar-refractivity contribution in [3.05, 3.63) is 102 Å². The van der Waals surface area contributed by atoms with Crippen LogP contribution in [0, 0.1) is 5.82 Å². The van der Waals surface area contributed by atoms with Gasteiger partial charge in [0.1, 0.15) is 5.82 Å². The van der Waals surface area contributed by atoms with Crippen molar-refractivity contribution in [3.63, 3.8) is 0 Å². The molecule has 0 saturated heterocycles. The van der Waals surface area contributed by atoms with Crippen LogP contribution < -0.4 is 16.0 Å². The molecule has 1 aromatic heterocycles. The molecule has 4 aromatic rings. The van der Waals surface area contributed by atoms with Crippen LogP contribution >= 0.6 is 12.2 Å². The fourth-order valence-electron chi connectivity index (χ4n) is 3.40. The molecule has 0 saturated carbocycles. The number of nitrogens with zero attached hydrogens (tertiary/aromatic N) is 1. The monoisotopic (exact) mass is 444 g/mol. The molecular weight excluding hydrogens is 423 g/mol. The molecule has 3 aromatic carbocycles. The largest absolute Gasteiger partial charge is 0.354 e. The first kappa shape index (κ1) is 21.4. The van der Waals surface area contributed by atoms with Crippen LogP contribution in [0.25, 0.3) is 10.8 Å². The summed E-state index contributed by atoms with van der Waals surface area (Å²) < 4.78 is 13.8. The molecule has 0 radical (unpaired) electrons. The third-order valence-electron chi connectivity index (χ3n) is 4.98. The molecule has 4 rings (SSSR count). The lowest BCUT2D eigenvalue weighted by Crippen LogP contribution is -2.31. The Balaban J connectivity index is 1.37. The molecule has 5 nitrogen and oxygen atoms in total. The third kappa shape index (κ3) is 4.90. The molecule has 160 valence electrons. The maximum absolute atomic E-state index is 13.8. The number of thiocarbonyl (C=S) groups is 1. The number of nitrogens with one attached hydrogen (secondary N) is 3. The summed E-state index contributed by atoms with van der Waals surface area (Å²) in [6.07, 6.45) is 1.79. The Morgan fingerprint density at radius 2 is 1.56 bits per heavy atom. The fraction of sp³-hybridized carbons (Fsp3) is 0.0800. The highest BCUT2D eigenvalue weighted by Gasteiger charge is 2.13. The van der Waals surface area contributed by atoms with Crippen LogP contribution in [-0.4, -0.2) is 16.0 Å². The van der Waals surface area contributed by atoms with E-state index in [4.69, 9.17) is 12.2 Å². The first-order valence-corrected chi connectivity index (χ1v) is 10.5. The number of rotatable bonds is 5. The minimum absolute atomic E-state index is 0.00360. The summed E-state index contributed by atoms with van der Waals surface area (Å²) in [5.74, 6) is -1.06. The maximum Gasteiger partial charge on any atom is 0.258 e. The van der Waals surface area contributed by atoms with E-state index < -0.39 is 11.7 Å². The number of amides is 1. The molecule has 0 fully saturated rings. The van der Waals surface area contributed by atoms with Crippen LogP contribution in [0.2, 0.25) is 0 Å². The number of carbonyl (C=O) groups is 1. The number of benzene rings is 3. The zero-order chi connectivity index (χ0) is 22.5. The molecule has 1 unspecified atom stereocenters. The summed E-state index contributed by atoms with van der Waals surface area (Å²) in [5.41, 5.74) is 2.22. The van der Waals surface area contributed by atoms with E-state index in [1.807, 2.05) is 31.2 Å². The van der Waals surface area contributed by atoms with Gasteiger partial charge in [-0.25, -0.2) is 4.39 Å². The van der Waals surface area contributed by atoms with Gasteiger partial charge in [-0.2, -0.15) is 0 Å². The van der Waals surface area contributed by atoms with Crippen molar-refractivity contribution in [1.29, 1.82) is 0 Å². The highest BCUT2D eigenvalue weighted by molar-refractivity contribution is 7.80. The predicted molar refractivity (Wildman–Crippen MR) is 130 cm³/mol. The molecule has 7 heteroatoms. The maximum atomic E-state index is 13.8. The minimum Gasteiger partial charge on any atom is -0.354 e. The Kier molecular flexibility index (Phi) is 6.37. The Bertz CT molecular complexity index is 1270. The molecule has 1 atom stereocenters. The number of aromatic nitrogens is 1. The second-order valence-corrected chi connectivity index (χ2v) is 7.66. The third-order valence-corrected chi connectivity index (χ3v) is 5.20. The average Bonchev–Trinajstić information content (AvgIpc) is 2.80. The van der Waals surface area contributed by atoms with E-state index in [-0.39, 0.29) is 11.6 Å². The summed E-state index contributed by atoms with van der Waals surface area (Å²) in [5, 5.41) is 11.7. The lowest BCUT2D eigenvalue weighted by atomic mass is 10.1. The van der Waals surface area contributed by atoms with Crippen molar-refractivity contribution in [2.45, 2.75) is 13.0 Å². The van der Waals surface area contributed by atoms with E-state index in [1.54, 1.807) is 42.6 Å². The van der Waals surface area contributed by atoms with Gasteiger partial charge in [-0.1, -0.05) is 36.4 Å². The SMILES string of the molecule is CC(NC(=S)Nc1ccc(NC(=O)c2ccccc2F)cc1)c1nccc2ccccc12. The molecule has 0 bridgehead atoms. The van der Waals surface area contributed by atoms with Gasteiger partial charge in [-0.05, 0) is 67.0 Å². The molecule has 0 aliphatic rings. The molecule has 1 amide bonds. The van der Waals surface area contributed by atoms with E-state index in [9.17, 15) is 9.18 Å². The van der Waals surface area contributed by atoms with Gasteiger partial charge in [-0.15, -0.1) is 0 Å². The first-order chi connectivity index (χ1) is 15.5. The topological polar surface area (TPSA) is 66.0 Å². The number of halogens is 1. The highest BCUT2D eigenvalue weighted by Crippen LogP contribution is 2.22. The van der Waals surface area contributed by atoms with Gasteiger partial charge in [0, 0.05) is 23.0 Å². The Morgan fingerprint density at radius 1 is 0.906 bits per heavy atom. The number of pyridine rings is 1. The molecule has 0 spiro atoms. The lowest BCUT2D eigenvalue weighted by molar-refractivity contribution is 0.102. The summed E-state index contributed by atoms with van der Waals surface area (Å²) in [6, 6.07) is 22.8. The number of anilines is 2. The standard InChI is InChI=1S/C25H21FN4OS/c1-16(23-20-7-3-2-6-17(20)14-15-27-23)28-25(32)30-19-12-10-18(11-13-19)29-24(31)21-8-4-5-9-22(21)26/h2-16H,1H3,(H,29,31)(H2,28,30,32). The Morgan fingerprint density at radius 3 is 2.31 bits per heavy atom. The van der Waals surface area contributed by atoms with Crippen molar-refractivity contribution in [1.82, 2.24) is 10.3 Å². The predicted octanol–water partition coefficient (Wildman–Crippen LogP) is 5.67. The van der Waals surface area contributed by atoms with Crippen LogP contribution in [0.3, 0.4) is 0 Å². The first-order valence-electron chi connectivity index (χ1n) is 10.1. The molecule has 1 heterocycles. The van der Waals surface area contributed by atoms with Gasteiger partial charge in [-0.3, -0.25) is 9.78 Å². The second-order valence-electron chi connectivity index (χ2n) is 7.25. The quantitative estimate of drug-likeness (QED) is 0.346. The molecule has 0 aliphatic carbocycles. The normalized spacial score (nSPS) is 11.6. The average molecular weight is 445 g/mol. The molecule has 32 heavy (non-hydrogen) atoms. The summed E-state index contributed by atoms with van der Waals surface area (Å²) >= 11 is 5.45. The fourth-order valence-corrected chi connectivity index (χ4v) is 3.70. The van der Waals surface area contributed by atoms with Crippen LogP contribution in [0.1, 0.15) is 29.0 Å². The van der Waals surface area contributed by atoms with Crippen molar-refractivity contribution in [3.8, 4) is 0 Å². The number of hydrogen-bond donors (Lipinski definition) is 3. The van der Waals surface area contributed by atoms with Crippen LogP contribution in [0.15, 0.2) is 85.1 Å². The van der Waals surface area contributed by atoms with E-state index in [2.05, 4.69) is 27.0 Å². The Labute approximate surface area is 190 Å². The minimum atomic E-state index is -0.561. The van der Waals surface area contributed by atoms with E-state index in [0.29, 0.717) is 10.8 Å². The van der Waals surface area contributed by atoms with Crippen molar-refractivity contribution >= 4 is 45.4 Å². The van der Waals surface area contributed by atoms with Gasteiger partial charge in [0.25, 0.3) is 5.91 Å². The molecular formula is C25H21FN4OS. The highest BCUT2D eigenvalue weighted by atomic mass is 32.1. The smallest absolute Gasteiger partial charge is 0.258 e. The number of carbonyl (C=O) groups excluding carboxylic acids is 1. The van der Waals surface area contributed by atoms with E-state index in [0.717, 1.165) is 22.2 Å². The van der Waals surface area contributed by atoms with Gasteiger partial charge in [0.2, 0.25) is 0 Å². The van der Waals surface area contributed by atoms with E-state index in [1.165, 1.54) is 12.1 Å². The summed E-state index contributed by atoms with van der Waals surface area (Å²) in [6.45, 7) is 2.00. The van der Waals surface area contributed by atoms with Crippen molar-refractivity contribution in [2.75, 3.05) is 10.6 Å². The van der Waals surface area contributed by atoms with Crippen LogP contribution in [0.5, 0.6) is 0 Å². The summed E-state index contributed by atoms with van der Waals surface area (Å²) in [7, 11) is 0. The van der Waals surface area contributed by atoms with E-state index >= 15 is 0 Å². The number of fused-ring (bicyclic) bond motifs is 1. The Hall–Kier alpha value is -3.84. The van der Waals surface area contributed by atoms with Gasteiger partial charge >= 0.3 is 0 Å². The molecule has 3 N–H and O–H groups in total. The molecule has 0 aliphatic heterocycles. The number of hydrogen-bond acceptors (Lipinski definition) is 3. The van der Waals surface area contributed by atoms with Crippen molar-refractivity contribution < 1.29 is 9.18 Å². The zero-order valence-corrected chi connectivity index (χ0v) is 18.1. The lowest BCUT2D eigenvalue weighted by Gasteiger charge is -2.18. The van der Waals surface area contributed by atoms with Crippen LogP contribution in [-0.2, 0) is 0 Å². The van der Waals surface area contributed by atoms with Gasteiger partial charge < -0.3 is 16.0 Å². The second kappa shape index (κ2) is 9.53. The van der Waals surface area contributed by atoms with Crippen LogP contribution in [0.4, 0.5) is 15.8 Å². The zero-order valence-electron chi connectivity index (χ0n) is 17.3. The van der Waals surface area contributed by atoms with Gasteiger partial charge in [0.05, 0.1) is 17.3 Å². The van der Waals surface area contributed by atoms with Crippen molar-refractivity contribution in [2.24, 2.45) is 0 Å². The summed E-state index contributed by atoms with van der Waals surface area (Å²) in [4.78, 5) is 16.8. The van der Waals surface area contributed by atoms with Gasteiger partial charge in [0.15, 0.2) is 5.11 Å².